The van der Waals surface area contributed by atoms with E-state index in [9.17, 15) is 4.79 Å². The maximum absolute atomic E-state index is 11.5. The summed E-state index contributed by atoms with van der Waals surface area (Å²) in [6.45, 7) is 0. The van der Waals surface area contributed by atoms with Gasteiger partial charge < -0.3 is 4.42 Å². The van der Waals surface area contributed by atoms with Gasteiger partial charge in [-0.1, -0.05) is 0 Å². The highest BCUT2D eigenvalue weighted by molar-refractivity contribution is 7.07. The molecule has 0 saturated carbocycles. The highest BCUT2D eigenvalue weighted by Crippen LogP contribution is 2.09. The second-order valence-electron chi connectivity index (χ2n) is 3.10. The molecule has 2 rings (SSSR count). The first-order chi connectivity index (χ1) is 6.84. The van der Waals surface area contributed by atoms with Gasteiger partial charge in [0, 0.05) is 6.42 Å². The summed E-state index contributed by atoms with van der Waals surface area (Å²) in [5, 5.41) is 3.98. The Morgan fingerprint density at radius 3 is 2.93 bits per heavy atom. The predicted octanol–water partition coefficient (Wildman–Crippen LogP) is 2.70. The first kappa shape index (κ1) is 9.21. The van der Waals surface area contributed by atoms with Crippen LogP contribution >= 0.6 is 11.3 Å². The minimum absolute atomic E-state index is 0.193. The molecule has 0 unspecified atom stereocenters. The van der Waals surface area contributed by atoms with Gasteiger partial charge in [0.1, 0.15) is 11.5 Å². The number of hydrogen-bond acceptors (Lipinski definition) is 3. The number of thiophene rings is 1. The molecule has 0 aliphatic carbocycles. The number of carbonyl (C=O) groups is 1. The van der Waals surface area contributed by atoms with Crippen molar-refractivity contribution in [3.8, 4) is 0 Å². The Balaban J connectivity index is 1.91. The van der Waals surface area contributed by atoms with E-state index in [1.807, 2.05) is 22.9 Å². The van der Waals surface area contributed by atoms with E-state index in [1.165, 1.54) is 0 Å². The molecule has 0 aliphatic rings. The van der Waals surface area contributed by atoms with Crippen LogP contribution in [0.4, 0.5) is 0 Å². The zero-order valence-corrected chi connectivity index (χ0v) is 8.42. The van der Waals surface area contributed by atoms with Crippen LogP contribution in [0, 0.1) is 0 Å². The summed E-state index contributed by atoms with van der Waals surface area (Å²) in [5.41, 5.74) is 1.09. The average Bonchev–Trinajstić information content (AvgIpc) is 2.76. The van der Waals surface area contributed by atoms with Crippen molar-refractivity contribution < 1.29 is 9.21 Å². The third-order valence-electron chi connectivity index (χ3n) is 1.93. The van der Waals surface area contributed by atoms with Gasteiger partial charge in [0.05, 0.1) is 12.7 Å². The zero-order chi connectivity index (χ0) is 9.80. The summed E-state index contributed by atoms with van der Waals surface area (Å²) in [5.74, 6) is 0.934. The molecule has 2 nitrogen and oxygen atoms in total. The second kappa shape index (κ2) is 4.24. The number of Topliss-reactive ketones (excluding diaryl/α,β-unsaturated/α-hetero) is 1. The van der Waals surface area contributed by atoms with Crippen LogP contribution in [-0.4, -0.2) is 5.78 Å². The van der Waals surface area contributed by atoms with Gasteiger partial charge >= 0.3 is 0 Å². The van der Waals surface area contributed by atoms with Crippen molar-refractivity contribution in [2.45, 2.75) is 12.8 Å². The SMILES string of the molecule is O=C(Cc1ccsc1)Cc1ccco1. The van der Waals surface area contributed by atoms with Crippen LogP contribution in [0.2, 0.25) is 0 Å². The number of furan rings is 1. The molecule has 0 N–H and O–H groups in total. The van der Waals surface area contributed by atoms with Gasteiger partial charge in [0.2, 0.25) is 0 Å². The van der Waals surface area contributed by atoms with Crippen LogP contribution < -0.4 is 0 Å². The van der Waals surface area contributed by atoms with E-state index >= 15 is 0 Å². The Labute approximate surface area is 86.2 Å². The fraction of sp³-hybridized carbons (Fsp3) is 0.182. The Morgan fingerprint density at radius 2 is 2.29 bits per heavy atom. The van der Waals surface area contributed by atoms with E-state index in [0.717, 1.165) is 11.3 Å². The lowest BCUT2D eigenvalue weighted by molar-refractivity contribution is -0.118. The Hall–Kier alpha value is -1.35. The van der Waals surface area contributed by atoms with Gasteiger partial charge in [-0.15, -0.1) is 0 Å². The van der Waals surface area contributed by atoms with Crippen LogP contribution in [0.1, 0.15) is 11.3 Å². The van der Waals surface area contributed by atoms with Gasteiger partial charge in [-0.25, -0.2) is 0 Å². The van der Waals surface area contributed by atoms with Crippen molar-refractivity contribution in [1.82, 2.24) is 0 Å². The molecule has 0 aliphatic heterocycles. The average molecular weight is 206 g/mol. The van der Waals surface area contributed by atoms with Gasteiger partial charge in [-0.3, -0.25) is 4.79 Å². The van der Waals surface area contributed by atoms with E-state index in [-0.39, 0.29) is 5.78 Å². The van der Waals surface area contributed by atoms with E-state index in [2.05, 4.69) is 0 Å². The third kappa shape index (κ3) is 2.33. The molecule has 0 amide bonds. The lowest BCUT2D eigenvalue weighted by Crippen LogP contribution is -2.04. The fourth-order valence-corrected chi connectivity index (χ4v) is 1.96. The number of carbonyl (C=O) groups excluding carboxylic acids is 1. The van der Waals surface area contributed by atoms with Crippen LogP contribution in [0.3, 0.4) is 0 Å². The maximum Gasteiger partial charge on any atom is 0.144 e. The minimum atomic E-state index is 0.193. The molecule has 3 heteroatoms. The first-order valence-corrected chi connectivity index (χ1v) is 5.34. The van der Waals surface area contributed by atoms with Crippen molar-refractivity contribution in [2.75, 3.05) is 0 Å². The van der Waals surface area contributed by atoms with E-state index in [1.54, 1.807) is 23.7 Å². The molecule has 0 fully saturated rings. The van der Waals surface area contributed by atoms with Crippen molar-refractivity contribution in [1.29, 1.82) is 0 Å². The summed E-state index contributed by atoms with van der Waals surface area (Å²) < 4.78 is 5.11. The lowest BCUT2D eigenvalue weighted by atomic mass is 10.1. The molecule has 0 spiro atoms. The largest absolute Gasteiger partial charge is 0.469 e. The van der Waals surface area contributed by atoms with Crippen LogP contribution in [0.25, 0.3) is 0 Å². The Bertz CT molecular complexity index is 349. The normalized spacial score (nSPS) is 10.3. The second-order valence-corrected chi connectivity index (χ2v) is 3.88. The number of rotatable bonds is 4. The molecule has 0 bridgehead atoms. The standard InChI is InChI=1S/C11H10O2S/c12-10(6-9-3-5-14-8-9)7-11-2-1-4-13-11/h1-5,8H,6-7H2. The van der Waals surface area contributed by atoms with Crippen molar-refractivity contribution in [3.05, 3.63) is 46.5 Å². The fourth-order valence-electron chi connectivity index (χ4n) is 1.29. The summed E-state index contributed by atoms with van der Waals surface area (Å²) in [6.07, 6.45) is 2.49. The Kier molecular flexibility index (Phi) is 2.79. The van der Waals surface area contributed by atoms with Crippen LogP contribution in [0.15, 0.2) is 39.6 Å². The summed E-state index contributed by atoms with van der Waals surface area (Å²) in [7, 11) is 0. The van der Waals surface area contributed by atoms with Gasteiger partial charge in [0.25, 0.3) is 0 Å². The molecule has 2 heterocycles. The highest BCUT2D eigenvalue weighted by atomic mass is 32.1. The molecule has 0 atom stereocenters. The number of ketones is 1. The van der Waals surface area contributed by atoms with E-state index < -0.39 is 0 Å². The zero-order valence-electron chi connectivity index (χ0n) is 7.60. The molecule has 72 valence electrons. The first-order valence-electron chi connectivity index (χ1n) is 4.40. The summed E-state index contributed by atoms with van der Waals surface area (Å²) >= 11 is 1.61. The number of hydrogen-bond donors (Lipinski definition) is 0. The summed E-state index contributed by atoms with van der Waals surface area (Å²) in [4.78, 5) is 11.5. The maximum atomic E-state index is 11.5. The van der Waals surface area contributed by atoms with Gasteiger partial charge in [-0.2, -0.15) is 11.3 Å². The molecular weight excluding hydrogens is 196 g/mol. The van der Waals surface area contributed by atoms with Crippen molar-refractivity contribution in [3.63, 3.8) is 0 Å². The molecular formula is C11H10O2S. The minimum Gasteiger partial charge on any atom is -0.469 e. The van der Waals surface area contributed by atoms with E-state index in [4.69, 9.17) is 4.42 Å². The molecule has 0 aromatic carbocycles. The third-order valence-corrected chi connectivity index (χ3v) is 2.66. The topological polar surface area (TPSA) is 30.2 Å². The predicted molar refractivity (Wildman–Crippen MR) is 55.4 cm³/mol. The van der Waals surface area contributed by atoms with Crippen molar-refractivity contribution >= 4 is 17.1 Å². The highest BCUT2D eigenvalue weighted by Gasteiger charge is 2.06. The van der Waals surface area contributed by atoms with Crippen molar-refractivity contribution in [2.24, 2.45) is 0 Å². The smallest absolute Gasteiger partial charge is 0.144 e. The molecule has 2 aromatic heterocycles. The van der Waals surface area contributed by atoms with Gasteiger partial charge in [-0.05, 0) is 34.5 Å². The molecule has 0 radical (unpaired) electrons. The molecule has 14 heavy (non-hydrogen) atoms. The van der Waals surface area contributed by atoms with Gasteiger partial charge in [0.15, 0.2) is 0 Å². The van der Waals surface area contributed by atoms with Crippen LogP contribution in [0.5, 0.6) is 0 Å². The van der Waals surface area contributed by atoms with Crippen LogP contribution in [-0.2, 0) is 17.6 Å². The lowest BCUT2D eigenvalue weighted by Gasteiger charge is -1.95. The molecule has 0 saturated heterocycles. The Morgan fingerprint density at radius 1 is 1.36 bits per heavy atom. The molecule has 2 aromatic rings. The monoisotopic (exact) mass is 206 g/mol. The van der Waals surface area contributed by atoms with E-state index in [0.29, 0.717) is 12.8 Å². The quantitative estimate of drug-likeness (QED) is 0.770. The summed E-state index contributed by atoms with van der Waals surface area (Å²) in [6, 6.07) is 5.60.